The van der Waals surface area contributed by atoms with Gasteiger partial charge in [-0.1, -0.05) is 17.7 Å². The van der Waals surface area contributed by atoms with Crippen molar-refractivity contribution in [3.63, 3.8) is 0 Å². The van der Waals surface area contributed by atoms with Gasteiger partial charge in [-0.3, -0.25) is 10.1 Å². The number of rotatable bonds is 6. The second kappa shape index (κ2) is 12.0. The lowest BCUT2D eigenvalue weighted by molar-refractivity contribution is 0.0974. The number of aromatic nitrogens is 2. The van der Waals surface area contributed by atoms with E-state index >= 15 is 0 Å². The van der Waals surface area contributed by atoms with E-state index in [1.807, 2.05) is 0 Å². The Morgan fingerprint density at radius 3 is 2.39 bits per heavy atom. The molecular formula is C26H25ClF3N5O. The van der Waals surface area contributed by atoms with Crippen molar-refractivity contribution >= 4 is 23.5 Å². The standard InChI is InChI=1S/C26H25ClF3N5O/c27-20-12-17(4-8-21(20)28)15-33-26(35-25(36)18-5-9-22(29)23(30)14-18)34-19-6-2-16(3-7-19)13-24-31-10-1-11-32-24/h1,4-5,8-12,14,16,19H,2-3,6-7,13,15H2,(H2,33,34,35,36). The third kappa shape index (κ3) is 7.04. The highest BCUT2D eigenvalue weighted by atomic mass is 35.5. The van der Waals surface area contributed by atoms with Crippen LogP contribution < -0.4 is 10.6 Å². The lowest BCUT2D eigenvalue weighted by Gasteiger charge is -2.29. The number of amides is 1. The molecule has 0 saturated heterocycles. The zero-order valence-corrected chi connectivity index (χ0v) is 20.1. The van der Waals surface area contributed by atoms with Crippen LogP contribution in [0.2, 0.25) is 5.02 Å². The molecule has 1 aliphatic rings. The van der Waals surface area contributed by atoms with E-state index in [4.69, 9.17) is 11.6 Å². The second-order valence-corrected chi connectivity index (χ2v) is 9.13. The predicted molar refractivity (Wildman–Crippen MR) is 131 cm³/mol. The summed E-state index contributed by atoms with van der Waals surface area (Å²) in [5.74, 6) is -1.84. The fourth-order valence-electron chi connectivity index (χ4n) is 4.14. The Labute approximate surface area is 212 Å². The summed E-state index contributed by atoms with van der Waals surface area (Å²) in [5.41, 5.74) is 0.606. The number of halogens is 4. The molecule has 1 saturated carbocycles. The normalized spacial score (nSPS) is 18.1. The lowest BCUT2D eigenvalue weighted by Crippen LogP contribution is -2.47. The summed E-state index contributed by atoms with van der Waals surface area (Å²) in [4.78, 5) is 25.8. The summed E-state index contributed by atoms with van der Waals surface area (Å²) in [7, 11) is 0. The fraction of sp³-hybridized carbons (Fsp3) is 0.308. The smallest absolute Gasteiger partial charge is 0.258 e. The first-order chi connectivity index (χ1) is 17.4. The summed E-state index contributed by atoms with van der Waals surface area (Å²) < 4.78 is 40.4. The van der Waals surface area contributed by atoms with Gasteiger partial charge in [0.1, 0.15) is 11.6 Å². The highest BCUT2D eigenvalue weighted by Gasteiger charge is 2.23. The minimum absolute atomic E-state index is 0.0243. The molecule has 1 aromatic heterocycles. The molecule has 1 fully saturated rings. The van der Waals surface area contributed by atoms with Crippen molar-refractivity contribution in [2.45, 2.75) is 44.7 Å². The van der Waals surface area contributed by atoms with Gasteiger partial charge in [0, 0.05) is 30.4 Å². The number of nitrogens with zero attached hydrogens (tertiary/aromatic N) is 3. The minimum Gasteiger partial charge on any atom is -0.353 e. The van der Waals surface area contributed by atoms with Crippen LogP contribution in [-0.2, 0) is 13.0 Å². The highest BCUT2D eigenvalue weighted by Crippen LogP contribution is 2.26. The van der Waals surface area contributed by atoms with Gasteiger partial charge in [0.05, 0.1) is 11.6 Å². The van der Waals surface area contributed by atoms with Gasteiger partial charge in [-0.15, -0.1) is 0 Å². The molecule has 4 rings (SSSR count). The minimum atomic E-state index is -1.12. The monoisotopic (exact) mass is 515 g/mol. The van der Waals surface area contributed by atoms with Crippen LogP contribution in [0.1, 0.15) is 47.4 Å². The number of guanidine groups is 1. The molecule has 1 heterocycles. The van der Waals surface area contributed by atoms with E-state index in [-0.39, 0.29) is 29.1 Å². The average Bonchev–Trinajstić information content (AvgIpc) is 2.88. The third-order valence-corrected chi connectivity index (χ3v) is 6.39. The summed E-state index contributed by atoms with van der Waals surface area (Å²) in [6.07, 6.45) is 7.89. The molecule has 1 amide bonds. The first kappa shape index (κ1) is 25.6. The largest absolute Gasteiger partial charge is 0.353 e. The fourth-order valence-corrected chi connectivity index (χ4v) is 4.35. The number of hydrogen-bond acceptors (Lipinski definition) is 4. The number of carbonyl (C=O) groups excluding carboxylic acids is 1. The van der Waals surface area contributed by atoms with Crippen molar-refractivity contribution in [2.75, 3.05) is 0 Å². The van der Waals surface area contributed by atoms with E-state index in [9.17, 15) is 18.0 Å². The second-order valence-electron chi connectivity index (χ2n) is 8.73. The Morgan fingerprint density at radius 1 is 0.972 bits per heavy atom. The molecule has 0 spiro atoms. The summed E-state index contributed by atoms with van der Waals surface area (Å²) in [6, 6.07) is 9.03. The molecule has 1 aliphatic carbocycles. The van der Waals surface area contributed by atoms with E-state index in [2.05, 4.69) is 25.6 Å². The quantitative estimate of drug-likeness (QED) is 0.348. The van der Waals surface area contributed by atoms with E-state index in [1.54, 1.807) is 24.5 Å². The summed E-state index contributed by atoms with van der Waals surface area (Å²) in [6.45, 7) is 0.126. The molecule has 188 valence electrons. The molecule has 2 aromatic carbocycles. The van der Waals surface area contributed by atoms with Crippen LogP contribution in [-0.4, -0.2) is 27.9 Å². The van der Waals surface area contributed by atoms with Gasteiger partial charge in [-0.2, -0.15) is 0 Å². The maximum absolute atomic E-state index is 13.6. The third-order valence-electron chi connectivity index (χ3n) is 6.10. The Kier molecular flexibility index (Phi) is 8.53. The molecule has 10 heteroatoms. The van der Waals surface area contributed by atoms with Crippen LogP contribution in [0.5, 0.6) is 0 Å². The number of hydrogen-bond donors (Lipinski definition) is 2. The van der Waals surface area contributed by atoms with Gasteiger partial charge in [-0.25, -0.2) is 28.1 Å². The number of benzene rings is 2. The Balaban J connectivity index is 1.43. The molecular weight excluding hydrogens is 491 g/mol. The van der Waals surface area contributed by atoms with Gasteiger partial charge in [-0.05, 0) is 73.6 Å². The summed E-state index contributed by atoms with van der Waals surface area (Å²) in [5, 5.41) is 5.91. The van der Waals surface area contributed by atoms with Gasteiger partial charge in [0.2, 0.25) is 0 Å². The van der Waals surface area contributed by atoms with Crippen LogP contribution >= 0.6 is 11.6 Å². The van der Waals surface area contributed by atoms with Crippen molar-refractivity contribution in [1.29, 1.82) is 0 Å². The zero-order valence-electron chi connectivity index (χ0n) is 19.4. The molecule has 3 aromatic rings. The topological polar surface area (TPSA) is 79.3 Å². The van der Waals surface area contributed by atoms with Crippen molar-refractivity contribution in [3.8, 4) is 0 Å². The van der Waals surface area contributed by atoms with Crippen molar-refractivity contribution in [2.24, 2.45) is 10.9 Å². The average molecular weight is 516 g/mol. The van der Waals surface area contributed by atoms with Crippen LogP contribution in [0.3, 0.4) is 0 Å². The Bertz CT molecular complexity index is 1230. The molecule has 0 aliphatic heterocycles. The van der Waals surface area contributed by atoms with Crippen LogP contribution in [0.4, 0.5) is 13.2 Å². The van der Waals surface area contributed by atoms with Gasteiger partial charge < -0.3 is 5.32 Å². The highest BCUT2D eigenvalue weighted by molar-refractivity contribution is 6.30. The maximum Gasteiger partial charge on any atom is 0.258 e. The molecule has 36 heavy (non-hydrogen) atoms. The molecule has 0 bridgehead atoms. The van der Waals surface area contributed by atoms with Crippen LogP contribution in [0.15, 0.2) is 59.9 Å². The van der Waals surface area contributed by atoms with E-state index in [1.165, 1.54) is 18.2 Å². The van der Waals surface area contributed by atoms with Crippen LogP contribution in [0.25, 0.3) is 0 Å². The molecule has 0 atom stereocenters. The van der Waals surface area contributed by atoms with Gasteiger partial charge in [0.25, 0.3) is 5.91 Å². The summed E-state index contributed by atoms with van der Waals surface area (Å²) >= 11 is 5.86. The molecule has 6 nitrogen and oxygen atoms in total. The SMILES string of the molecule is O=C(NC(=NCc1ccc(F)c(Cl)c1)NC1CCC(Cc2ncccn2)CC1)c1ccc(F)c(F)c1. The van der Waals surface area contributed by atoms with Crippen molar-refractivity contribution in [1.82, 2.24) is 20.6 Å². The van der Waals surface area contributed by atoms with Gasteiger partial charge >= 0.3 is 0 Å². The number of nitrogens with one attached hydrogen (secondary N) is 2. The number of aliphatic imine (C=N–C) groups is 1. The first-order valence-electron chi connectivity index (χ1n) is 11.6. The molecule has 0 radical (unpaired) electrons. The lowest BCUT2D eigenvalue weighted by atomic mass is 9.84. The molecule has 2 N–H and O–H groups in total. The van der Waals surface area contributed by atoms with E-state index in [0.717, 1.165) is 50.1 Å². The maximum atomic E-state index is 13.6. The Morgan fingerprint density at radius 2 is 1.69 bits per heavy atom. The van der Waals surface area contributed by atoms with E-state index in [0.29, 0.717) is 11.5 Å². The number of carbonyl (C=O) groups is 1. The van der Waals surface area contributed by atoms with Crippen molar-refractivity contribution in [3.05, 3.63) is 94.3 Å². The molecule has 0 unspecified atom stereocenters. The van der Waals surface area contributed by atoms with Gasteiger partial charge in [0.15, 0.2) is 17.6 Å². The first-order valence-corrected chi connectivity index (χ1v) is 12.0. The predicted octanol–water partition coefficient (Wildman–Crippen LogP) is 5.22. The van der Waals surface area contributed by atoms with E-state index < -0.39 is 23.4 Å². The Hall–Kier alpha value is -3.46. The van der Waals surface area contributed by atoms with Crippen LogP contribution in [0, 0.1) is 23.4 Å². The zero-order chi connectivity index (χ0) is 25.5. The van der Waals surface area contributed by atoms with Crippen molar-refractivity contribution < 1.29 is 18.0 Å².